The monoisotopic (exact) mass is 526 g/mol. The first kappa shape index (κ1) is 27.5. The Morgan fingerprint density at radius 3 is 2.57 bits per heavy atom. The van der Waals surface area contributed by atoms with Crippen LogP contribution in [0.1, 0.15) is 37.8 Å². The molecule has 3 saturated heterocycles. The number of benzene rings is 1. The van der Waals surface area contributed by atoms with Gasteiger partial charge in [0.15, 0.2) is 0 Å². The molecule has 7 nitrogen and oxygen atoms in total. The van der Waals surface area contributed by atoms with Gasteiger partial charge in [0, 0.05) is 17.5 Å². The number of nitrogens with zero attached hydrogens (tertiary/aromatic N) is 2. The molecule has 8 heteroatoms. The van der Waals surface area contributed by atoms with Crippen LogP contribution in [0.15, 0.2) is 43.5 Å². The zero-order valence-corrected chi connectivity index (χ0v) is 23.0. The molecule has 1 spiro atoms. The number of rotatable bonds is 10. The Morgan fingerprint density at radius 2 is 1.97 bits per heavy atom. The first-order chi connectivity index (χ1) is 17.6. The van der Waals surface area contributed by atoms with Gasteiger partial charge in [-0.05, 0) is 50.7 Å². The van der Waals surface area contributed by atoms with E-state index in [0.29, 0.717) is 6.42 Å². The smallest absolute Gasteiger partial charge is 0.310 e. The molecule has 3 aliphatic heterocycles. The van der Waals surface area contributed by atoms with Gasteiger partial charge in [-0.2, -0.15) is 0 Å². The third kappa shape index (κ3) is 4.22. The largest absolute Gasteiger partial charge is 0.465 e. The molecule has 0 radical (unpaired) electrons. The summed E-state index contributed by atoms with van der Waals surface area (Å²) >= 11 is 1.61. The molecule has 1 aromatic rings. The van der Waals surface area contributed by atoms with Crippen LogP contribution < -0.4 is 4.90 Å². The highest BCUT2D eigenvalue weighted by atomic mass is 32.2. The summed E-state index contributed by atoms with van der Waals surface area (Å²) in [6.45, 7) is 15.6. The number of ether oxygens (including phenoxy) is 1. The molecule has 0 aromatic heterocycles. The van der Waals surface area contributed by atoms with Gasteiger partial charge in [0.05, 0.1) is 35.8 Å². The Hall–Kier alpha value is -2.58. The second kappa shape index (κ2) is 10.7. The van der Waals surface area contributed by atoms with Crippen LogP contribution in [0, 0.1) is 31.6 Å². The van der Waals surface area contributed by atoms with Gasteiger partial charge in [0.2, 0.25) is 5.91 Å². The number of thioether (sulfide) groups is 1. The van der Waals surface area contributed by atoms with Gasteiger partial charge in [-0.1, -0.05) is 37.3 Å². The number of aliphatic hydroxyl groups excluding tert-OH is 1. The van der Waals surface area contributed by atoms with Crippen LogP contribution in [-0.4, -0.2) is 69.6 Å². The number of hydrogen-bond donors (Lipinski definition) is 1. The summed E-state index contributed by atoms with van der Waals surface area (Å²) in [6.07, 6.45) is 4.65. The van der Waals surface area contributed by atoms with Crippen molar-refractivity contribution in [2.24, 2.45) is 17.8 Å². The van der Waals surface area contributed by atoms with Gasteiger partial charge in [0.25, 0.3) is 5.91 Å². The lowest BCUT2D eigenvalue weighted by atomic mass is 9.66. The van der Waals surface area contributed by atoms with Crippen molar-refractivity contribution in [2.45, 2.75) is 62.6 Å². The van der Waals surface area contributed by atoms with Crippen molar-refractivity contribution in [3.05, 3.63) is 54.6 Å². The minimum absolute atomic E-state index is 0.0297. The molecule has 3 heterocycles. The molecule has 200 valence electrons. The van der Waals surface area contributed by atoms with Crippen molar-refractivity contribution in [3.8, 4) is 0 Å². The first-order valence-electron chi connectivity index (χ1n) is 13.0. The van der Waals surface area contributed by atoms with E-state index in [1.807, 2.05) is 32.0 Å². The highest BCUT2D eigenvalue weighted by Crippen LogP contribution is 2.69. The molecule has 3 fully saturated rings. The zero-order valence-electron chi connectivity index (χ0n) is 22.2. The number of anilines is 1. The van der Waals surface area contributed by atoms with Crippen LogP contribution in [0.3, 0.4) is 0 Å². The molecule has 4 rings (SSSR count). The van der Waals surface area contributed by atoms with E-state index in [1.54, 1.807) is 40.6 Å². The predicted molar refractivity (Wildman–Crippen MR) is 146 cm³/mol. The molecule has 3 aliphatic rings. The van der Waals surface area contributed by atoms with Crippen LogP contribution >= 0.6 is 11.8 Å². The van der Waals surface area contributed by atoms with Crippen molar-refractivity contribution < 1.29 is 24.2 Å². The van der Waals surface area contributed by atoms with Crippen LogP contribution in [0.4, 0.5) is 5.69 Å². The van der Waals surface area contributed by atoms with Gasteiger partial charge in [-0.25, -0.2) is 0 Å². The molecule has 1 N–H and O–H groups in total. The van der Waals surface area contributed by atoms with Gasteiger partial charge in [-0.3, -0.25) is 14.4 Å². The van der Waals surface area contributed by atoms with E-state index in [2.05, 4.69) is 20.1 Å². The van der Waals surface area contributed by atoms with Gasteiger partial charge < -0.3 is 19.6 Å². The summed E-state index contributed by atoms with van der Waals surface area (Å²) in [7, 11) is 0. The molecular formula is C29H38N2O5S. The lowest BCUT2D eigenvalue weighted by molar-refractivity contribution is -0.154. The number of fused-ring (bicyclic) bond motifs is 1. The number of aryl methyl sites for hydroxylation is 2. The number of carbonyl (C=O) groups is 3. The third-order valence-corrected chi connectivity index (χ3v) is 10.4. The normalized spacial score (nSPS) is 30.7. The Morgan fingerprint density at radius 1 is 1.30 bits per heavy atom. The van der Waals surface area contributed by atoms with E-state index < -0.39 is 28.7 Å². The van der Waals surface area contributed by atoms with Crippen molar-refractivity contribution >= 4 is 35.2 Å². The van der Waals surface area contributed by atoms with Crippen molar-refractivity contribution in [3.63, 3.8) is 0 Å². The molecule has 1 aromatic carbocycles. The zero-order chi connectivity index (χ0) is 27.1. The van der Waals surface area contributed by atoms with Gasteiger partial charge >= 0.3 is 5.97 Å². The average molecular weight is 527 g/mol. The maximum absolute atomic E-state index is 14.6. The molecule has 0 saturated carbocycles. The number of esters is 1. The summed E-state index contributed by atoms with van der Waals surface area (Å²) in [5.41, 5.74) is 2.72. The van der Waals surface area contributed by atoms with Crippen molar-refractivity contribution in [1.29, 1.82) is 0 Å². The van der Waals surface area contributed by atoms with Gasteiger partial charge in [-0.15, -0.1) is 24.9 Å². The van der Waals surface area contributed by atoms with E-state index >= 15 is 0 Å². The maximum atomic E-state index is 14.6. The molecular weight excluding hydrogens is 488 g/mol. The predicted octanol–water partition coefficient (Wildman–Crippen LogP) is 3.66. The number of carbonyl (C=O) groups excluding carboxylic acids is 3. The highest BCUT2D eigenvalue weighted by Gasteiger charge is 2.77. The minimum atomic E-state index is -0.818. The lowest BCUT2D eigenvalue weighted by Crippen LogP contribution is -2.59. The molecule has 7 atom stereocenters. The number of aliphatic hydroxyl groups is 1. The quantitative estimate of drug-likeness (QED) is 0.285. The number of hydrogen-bond acceptors (Lipinski definition) is 6. The molecule has 37 heavy (non-hydrogen) atoms. The number of amides is 2. The van der Waals surface area contributed by atoms with Crippen LogP contribution in [0.25, 0.3) is 0 Å². The highest BCUT2D eigenvalue weighted by molar-refractivity contribution is 8.02. The van der Waals surface area contributed by atoms with E-state index in [1.165, 1.54) is 0 Å². The fourth-order valence-electron chi connectivity index (χ4n) is 6.71. The second-order valence-electron chi connectivity index (χ2n) is 10.6. The Kier molecular flexibility index (Phi) is 7.91. The number of likely N-dealkylation sites (tertiary alicyclic amines) is 1. The summed E-state index contributed by atoms with van der Waals surface area (Å²) in [5, 5.41) is 10.0. The average Bonchev–Trinajstić information content (AvgIpc) is 3.46. The maximum Gasteiger partial charge on any atom is 0.310 e. The van der Waals surface area contributed by atoms with E-state index in [9.17, 15) is 19.5 Å². The van der Waals surface area contributed by atoms with Crippen molar-refractivity contribution in [2.75, 3.05) is 24.7 Å². The summed E-state index contributed by atoms with van der Waals surface area (Å²) < 4.78 is 4.78. The number of para-hydroxylation sites is 1. The van der Waals surface area contributed by atoms with Crippen molar-refractivity contribution in [1.82, 2.24) is 4.90 Å². The van der Waals surface area contributed by atoms with Crippen LogP contribution in [0.2, 0.25) is 0 Å². The third-order valence-electron chi connectivity index (χ3n) is 8.28. The summed E-state index contributed by atoms with van der Waals surface area (Å²) in [4.78, 5) is 45.3. The Labute approximate surface area is 223 Å². The topological polar surface area (TPSA) is 87.2 Å². The van der Waals surface area contributed by atoms with E-state index in [0.717, 1.165) is 23.2 Å². The SMILES string of the molecule is C=CCCOC(=O)[C@@H]1[C@@H]2CC(C)C3(S2)C(C(=O)N(CC=C)c2c(C)cccc2C)N([C@H](C)CO)C(=O)[C@H]13. The Bertz CT molecular complexity index is 1090. The minimum Gasteiger partial charge on any atom is -0.465 e. The fourth-order valence-corrected chi connectivity index (χ4v) is 9.10. The summed E-state index contributed by atoms with van der Waals surface area (Å²) in [5.74, 6) is -2.08. The first-order valence-corrected chi connectivity index (χ1v) is 13.9. The molecule has 2 amide bonds. The van der Waals surface area contributed by atoms with Crippen LogP contribution in [-0.2, 0) is 19.1 Å². The summed E-state index contributed by atoms with van der Waals surface area (Å²) in [6, 6.07) is 4.50. The molecule has 0 aliphatic carbocycles. The lowest BCUT2D eigenvalue weighted by Gasteiger charge is -2.42. The molecule has 3 unspecified atom stereocenters. The fraction of sp³-hybridized carbons (Fsp3) is 0.552. The Balaban J connectivity index is 1.82. The van der Waals surface area contributed by atoms with E-state index in [-0.39, 0.29) is 48.7 Å². The standard InChI is InChI=1S/C29H38N2O5S/c1-7-9-14-36-28(35)22-21-15-19(5)29(37-21)23(22)26(33)31(20(6)16-32)25(29)27(34)30(13-8-2)24-17(3)11-10-12-18(24)4/h7-8,10-12,19-23,25,32H,1-2,9,13-16H2,3-6H3/t19?,20-,21+,22-,23+,25?,29?/m1/s1. The molecule has 2 bridgehead atoms. The van der Waals surface area contributed by atoms with E-state index in [4.69, 9.17) is 4.74 Å². The van der Waals surface area contributed by atoms with Gasteiger partial charge in [0.1, 0.15) is 6.04 Å². The second-order valence-corrected chi connectivity index (χ2v) is 12.1. The van der Waals surface area contributed by atoms with Crippen LogP contribution in [0.5, 0.6) is 0 Å².